The highest BCUT2D eigenvalue weighted by atomic mass is 16.1. The van der Waals surface area contributed by atoms with Crippen LogP contribution in [0.15, 0.2) is 41.5 Å². The fraction of sp³-hybridized carbons (Fsp3) is 0.333. The van der Waals surface area contributed by atoms with Gasteiger partial charge in [0.2, 0.25) is 0 Å². The molecule has 0 atom stereocenters. The van der Waals surface area contributed by atoms with Gasteiger partial charge in [-0.2, -0.15) is 0 Å². The Labute approximate surface area is 117 Å². The van der Waals surface area contributed by atoms with E-state index in [1.165, 1.54) is 23.0 Å². The van der Waals surface area contributed by atoms with Crippen molar-refractivity contribution in [2.75, 3.05) is 18.8 Å². The second-order valence-corrected chi connectivity index (χ2v) is 5.15. The summed E-state index contributed by atoms with van der Waals surface area (Å²) < 4.78 is 1.47. The summed E-state index contributed by atoms with van der Waals surface area (Å²) in [5.74, 6) is 0.604. The molecule has 3 rings (SSSR count). The van der Waals surface area contributed by atoms with Gasteiger partial charge in [0.1, 0.15) is 5.82 Å². The molecule has 0 saturated carbocycles. The number of likely N-dealkylation sites (tertiary alicyclic amines) is 1. The fourth-order valence-electron chi connectivity index (χ4n) is 2.54. The summed E-state index contributed by atoms with van der Waals surface area (Å²) in [6.07, 6.45) is 6.08. The molecule has 20 heavy (non-hydrogen) atoms. The van der Waals surface area contributed by atoms with Crippen molar-refractivity contribution in [1.82, 2.24) is 14.5 Å². The molecule has 0 radical (unpaired) electrons. The second-order valence-electron chi connectivity index (χ2n) is 5.15. The summed E-state index contributed by atoms with van der Waals surface area (Å²) in [5, 5.41) is 0. The van der Waals surface area contributed by atoms with E-state index in [2.05, 4.69) is 9.88 Å². The van der Waals surface area contributed by atoms with E-state index < -0.39 is 0 Å². The summed E-state index contributed by atoms with van der Waals surface area (Å²) in [5.41, 5.74) is 6.81. The minimum atomic E-state index is -0.229. The zero-order valence-electron chi connectivity index (χ0n) is 11.3. The largest absolute Gasteiger partial charge is 0.394 e. The lowest BCUT2D eigenvalue weighted by Gasteiger charge is -2.14. The molecule has 0 amide bonds. The van der Waals surface area contributed by atoms with E-state index in [1.54, 1.807) is 18.3 Å². The quantitative estimate of drug-likeness (QED) is 0.916. The lowest BCUT2D eigenvalue weighted by molar-refractivity contribution is 0.331. The van der Waals surface area contributed by atoms with E-state index in [0.717, 1.165) is 19.6 Å². The van der Waals surface area contributed by atoms with Gasteiger partial charge in [-0.25, -0.2) is 4.98 Å². The molecular formula is C15H18N4O. The smallest absolute Gasteiger partial charge is 0.279 e. The Kier molecular flexibility index (Phi) is 3.52. The second kappa shape index (κ2) is 5.46. The molecule has 0 bridgehead atoms. The normalized spacial score (nSPS) is 15.6. The monoisotopic (exact) mass is 270 g/mol. The topological polar surface area (TPSA) is 64.2 Å². The molecule has 1 fully saturated rings. The van der Waals surface area contributed by atoms with Crippen molar-refractivity contribution in [2.24, 2.45) is 0 Å². The first-order valence-corrected chi connectivity index (χ1v) is 6.89. The van der Waals surface area contributed by atoms with Crippen molar-refractivity contribution in [2.45, 2.75) is 19.4 Å². The number of anilines is 1. The van der Waals surface area contributed by atoms with Crippen molar-refractivity contribution in [3.8, 4) is 5.82 Å². The lowest BCUT2D eigenvalue weighted by Crippen LogP contribution is -2.21. The predicted molar refractivity (Wildman–Crippen MR) is 78.8 cm³/mol. The van der Waals surface area contributed by atoms with Crippen LogP contribution >= 0.6 is 0 Å². The molecule has 0 aliphatic carbocycles. The van der Waals surface area contributed by atoms with Crippen molar-refractivity contribution < 1.29 is 0 Å². The summed E-state index contributed by atoms with van der Waals surface area (Å²) in [7, 11) is 0. The van der Waals surface area contributed by atoms with Gasteiger partial charge in [0.05, 0.1) is 5.69 Å². The highest BCUT2D eigenvalue weighted by molar-refractivity contribution is 5.37. The van der Waals surface area contributed by atoms with Crippen LogP contribution in [0.3, 0.4) is 0 Å². The van der Waals surface area contributed by atoms with E-state index >= 15 is 0 Å². The Balaban J connectivity index is 1.82. The molecule has 5 heteroatoms. The van der Waals surface area contributed by atoms with Crippen LogP contribution in [-0.2, 0) is 6.54 Å². The summed E-state index contributed by atoms with van der Waals surface area (Å²) >= 11 is 0. The van der Waals surface area contributed by atoms with Crippen LogP contribution < -0.4 is 11.3 Å². The number of hydrogen-bond acceptors (Lipinski definition) is 4. The molecule has 0 spiro atoms. The number of nitrogens with two attached hydrogens (primary N) is 1. The van der Waals surface area contributed by atoms with Gasteiger partial charge >= 0.3 is 0 Å². The highest BCUT2D eigenvalue weighted by Gasteiger charge is 2.12. The van der Waals surface area contributed by atoms with Crippen LogP contribution in [0.4, 0.5) is 5.69 Å². The van der Waals surface area contributed by atoms with E-state index in [4.69, 9.17) is 5.73 Å². The first-order valence-electron chi connectivity index (χ1n) is 6.89. The molecule has 2 aromatic heterocycles. The Bertz CT molecular complexity index is 642. The average Bonchev–Trinajstić information content (AvgIpc) is 2.96. The molecule has 1 aliphatic heterocycles. The SMILES string of the molecule is Nc1cccn(-c2ccc(CN3CCCC3)cn2)c1=O. The van der Waals surface area contributed by atoms with Crippen LogP contribution in [0.5, 0.6) is 0 Å². The molecule has 2 N–H and O–H groups in total. The van der Waals surface area contributed by atoms with Crippen LogP contribution in [0.25, 0.3) is 5.82 Å². The fourth-order valence-corrected chi connectivity index (χ4v) is 2.54. The molecule has 2 aromatic rings. The van der Waals surface area contributed by atoms with Gasteiger partial charge in [0.15, 0.2) is 0 Å². The van der Waals surface area contributed by atoms with Crippen LogP contribution in [-0.4, -0.2) is 27.5 Å². The zero-order chi connectivity index (χ0) is 13.9. The Morgan fingerprint density at radius 3 is 2.70 bits per heavy atom. The van der Waals surface area contributed by atoms with E-state index in [9.17, 15) is 4.79 Å². The summed E-state index contributed by atoms with van der Waals surface area (Å²) in [6, 6.07) is 7.24. The molecule has 1 saturated heterocycles. The minimum Gasteiger partial charge on any atom is -0.394 e. The average molecular weight is 270 g/mol. The molecular weight excluding hydrogens is 252 g/mol. The number of pyridine rings is 2. The third-order valence-electron chi connectivity index (χ3n) is 3.64. The third-order valence-corrected chi connectivity index (χ3v) is 3.64. The Hall–Kier alpha value is -2.14. The van der Waals surface area contributed by atoms with Gasteiger partial charge in [-0.15, -0.1) is 0 Å². The number of rotatable bonds is 3. The summed E-state index contributed by atoms with van der Waals surface area (Å²) in [6.45, 7) is 3.26. The van der Waals surface area contributed by atoms with E-state index in [-0.39, 0.29) is 11.2 Å². The zero-order valence-corrected chi connectivity index (χ0v) is 11.3. The van der Waals surface area contributed by atoms with Gasteiger partial charge < -0.3 is 5.73 Å². The predicted octanol–water partition coefficient (Wildman–Crippen LogP) is 1.41. The van der Waals surface area contributed by atoms with Crippen molar-refractivity contribution in [1.29, 1.82) is 0 Å². The van der Waals surface area contributed by atoms with E-state index in [1.807, 2.05) is 18.3 Å². The number of nitrogens with zero attached hydrogens (tertiary/aromatic N) is 3. The van der Waals surface area contributed by atoms with Gasteiger partial charge in [-0.3, -0.25) is 14.3 Å². The van der Waals surface area contributed by atoms with Crippen molar-refractivity contribution in [3.63, 3.8) is 0 Å². The molecule has 0 unspecified atom stereocenters. The van der Waals surface area contributed by atoms with Crippen LogP contribution in [0.2, 0.25) is 0 Å². The van der Waals surface area contributed by atoms with Gasteiger partial charge in [0.25, 0.3) is 5.56 Å². The Morgan fingerprint density at radius 2 is 2.00 bits per heavy atom. The number of nitrogen functional groups attached to an aromatic ring is 1. The molecule has 104 valence electrons. The maximum atomic E-state index is 11.9. The first-order chi connectivity index (χ1) is 9.74. The highest BCUT2D eigenvalue weighted by Crippen LogP contribution is 2.13. The number of hydrogen-bond donors (Lipinski definition) is 1. The standard InChI is InChI=1S/C15H18N4O/c16-13-4-3-9-19(15(13)20)14-6-5-12(10-17-14)11-18-7-1-2-8-18/h3-6,9-10H,1-2,7-8,11,16H2. The van der Waals surface area contributed by atoms with E-state index in [0.29, 0.717) is 5.82 Å². The van der Waals surface area contributed by atoms with Gasteiger partial charge in [0, 0.05) is 18.9 Å². The van der Waals surface area contributed by atoms with Gasteiger partial charge in [-0.1, -0.05) is 6.07 Å². The lowest BCUT2D eigenvalue weighted by atomic mass is 10.2. The molecule has 1 aliphatic rings. The molecule has 0 aromatic carbocycles. The maximum Gasteiger partial charge on any atom is 0.279 e. The van der Waals surface area contributed by atoms with Crippen molar-refractivity contribution >= 4 is 5.69 Å². The molecule has 5 nitrogen and oxygen atoms in total. The summed E-state index contributed by atoms with van der Waals surface area (Å²) in [4.78, 5) is 18.7. The minimum absolute atomic E-state index is 0.229. The van der Waals surface area contributed by atoms with Crippen LogP contribution in [0.1, 0.15) is 18.4 Å². The van der Waals surface area contributed by atoms with Crippen LogP contribution in [0, 0.1) is 0 Å². The van der Waals surface area contributed by atoms with Gasteiger partial charge in [-0.05, 0) is 49.7 Å². The molecule has 3 heterocycles. The Morgan fingerprint density at radius 1 is 1.20 bits per heavy atom. The van der Waals surface area contributed by atoms with Crippen molar-refractivity contribution in [3.05, 3.63) is 52.6 Å². The third kappa shape index (κ3) is 2.58. The first kappa shape index (κ1) is 12.9. The maximum absolute atomic E-state index is 11.9. The number of aromatic nitrogens is 2.